The second-order valence-electron chi connectivity index (χ2n) is 4.79. The normalized spacial score (nSPS) is 11.6. The van der Waals surface area contributed by atoms with Crippen molar-refractivity contribution in [3.8, 4) is 5.75 Å². The van der Waals surface area contributed by atoms with E-state index in [1.165, 1.54) is 5.56 Å². The van der Waals surface area contributed by atoms with E-state index in [2.05, 4.69) is 31.2 Å². The highest BCUT2D eigenvalue weighted by atomic mass is 35.5. The molecule has 0 aliphatic rings. The fourth-order valence-corrected chi connectivity index (χ4v) is 2.04. The molecule has 2 aromatic carbocycles. The molecule has 1 atom stereocenters. The van der Waals surface area contributed by atoms with Gasteiger partial charge in [0.15, 0.2) is 0 Å². The summed E-state index contributed by atoms with van der Waals surface area (Å²) in [4.78, 5) is 0. The molecule has 2 nitrogen and oxygen atoms in total. The first-order valence-electron chi connectivity index (χ1n) is 6.76. The third-order valence-corrected chi connectivity index (χ3v) is 3.21. The number of halogens is 1. The molecule has 0 saturated carbocycles. The Labute approximate surface area is 127 Å². The molecule has 0 aromatic heterocycles. The zero-order chi connectivity index (χ0) is 13.7. The van der Waals surface area contributed by atoms with Gasteiger partial charge in [-0.15, -0.1) is 12.4 Å². The van der Waals surface area contributed by atoms with Gasteiger partial charge in [0.25, 0.3) is 0 Å². The lowest BCUT2D eigenvalue weighted by Crippen LogP contribution is -2.08. The minimum Gasteiger partial charge on any atom is -0.489 e. The lowest BCUT2D eigenvalue weighted by molar-refractivity contribution is 0.301. The van der Waals surface area contributed by atoms with Crippen molar-refractivity contribution < 1.29 is 4.74 Å². The number of rotatable bonds is 5. The number of nitrogens with two attached hydrogens (primary N) is 1. The van der Waals surface area contributed by atoms with Gasteiger partial charge >= 0.3 is 0 Å². The third-order valence-electron chi connectivity index (χ3n) is 3.21. The number of ether oxygens (including phenoxy) is 1. The molecule has 0 aliphatic heterocycles. The molecule has 0 radical (unpaired) electrons. The zero-order valence-electron chi connectivity index (χ0n) is 12.0. The van der Waals surface area contributed by atoms with Crippen molar-refractivity contribution in [1.29, 1.82) is 0 Å². The van der Waals surface area contributed by atoms with Crippen molar-refractivity contribution in [1.82, 2.24) is 0 Å². The van der Waals surface area contributed by atoms with Crippen LogP contribution in [-0.2, 0) is 13.0 Å². The number of hydrogen-bond donors (Lipinski definition) is 1. The predicted molar refractivity (Wildman–Crippen MR) is 86.4 cm³/mol. The average Bonchev–Trinajstić information content (AvgIpc) is 2.46. The van der Waals surface area contributed by atoms with Crippen molar-refractivity contribution >= 4 is 12.4 Å². The maximum absolute atomic E-state index is 6.03. The fourth-order valence-electron chi connectivity index (χ4n) is 2.04. The van der Waals surface area contributed by atoms with Crippen LogP contribution in [0.5, 0.6) is 5.75 Å². The summed E-state index contributed by atoms with van der Waals surface area (Å²) in [7, 11) is 0. The molecule has 0 heterocycles. The molecule has 0 bridgehead atoms. The van der Waals surface area contributed by atoms with Gasteiger partial charge in [-0.2, -0.15) is 0 Å². The standard InChI is InChI=1S/C17H21NO.ClH/c1-3-14-9-10-17(16(11-14)13(2)18)19-12-15-7-5-4-6-8-15;/h4-11,13H,3,12,18H2,1-2H3;1H. The fraction of sp³-hybridized carbons (Fsp3) is 0.294. The van der Waals surface area contributed by atoms with E-state index in [9.17, 15) is 0 Å². The molecular formula is C17H22ClNO. The molecule has 3 heteroatoms. The van der Waals surface area contributed by atoms with Gasteiger partial charge in [-0.05, 0) is 30.5 Å². The smallest absolute Gasteiger partial charge is 0.124 e. The van der Waals surface area contributed by atoms with Crippen molar-refractivity contribution in [3.05, 3.63) is 65.2 Å². The Balaban J connectivity index is 0.00000200. The van der Waals surface area contributed by atoms with Gasteiger partial charge in [0.05, 0.1) is 0 Å². The maximum Gasteiger partial charge on any atom is 0.124 e. The average molecular weight is 292 g/mol. The molecule has 0 spiro atoms. The molecule has 0 saturated heterocycles. The second-order valence-corrected chi connectivity index (χ2v) is 4.79. The number of aryl methyl sites for hydroxylation is 1. The van der Waals surface area contributed by atoms with Crippen LogP contribution in [-0.4, -0.2) is 0 Å². The first-order chi connectivity index (χ1) is 9.20. The lowest BCUT2D eigenvalue weighted by atomic mass is 10.0. The van der Waals surface area contributed by atoms with Crippen LogP contribution in [0.1, 0.15) is 36.6 Å². The summed E-state index contributed by atoms with van der Waals surface area (Å²) < 4.78 is 5.90. The van der Waals surface area contributed by atoms with Crippen molar-refractivity contribution in [2.24, 2.45) is 5.73 Å². The highest BCUT2D eigenvalue weighted by Crippen LogP contribution is 2.26. The second kappa shape index (κ2) is 7.93. The minimum atomic E-state index is -0.0164. The summed E-state index contributed by atoms with van der Waals surface area (Å²) in [6, 6.07) is 16.4. The number of hydrogen-bond acceptors (Lipinski definition) is 2. The van der Waals surface area contributed by atoms with Crippen LogP contribution < -0.4 is 10.5 Å². The molecule has 20 heavy (non-hydrogen) atoms. The van der Waals surface area contributed by atoms with Gasteiger partial charge in [-0.25, -0.2) is 0 Å². The summed E-state index contributed by atoms with van der Waals surface area (Å²) in [6.07, 6.45) is 1.01. The highest BCUT2D eigenvalue weighted by Gasteiger charge is 2.09. The summed E-state index contributed by atoms with van der Waals surface area (Å²) in [5, 5.41) is 0. The summed E-state index contributed by atoms with van der Waals surface area (Å²) >= 11 is 0. The van der Waals surface area contributed by atoms with E-state index >= 15 is 0 Å². The maximum atomic E-state index is 6.03. The Morgan fingerprint density at radius 1 is 1.05 bits per heavy atom. The van der Waals surface area contributed by atoms with Crippen molar-refractivity contribution in [3.63, 3.8) is 0 Å². The Bertz CT molecular complexity index is 526. The first kappa shape index (κ1) is 16.5. The summed E-state index contributed by atoms with van der Waals surface area (Å²) in [5.74, 6) is 0.885. The van der Waals surface area contributed by atoms with Crippen LogP contribution in [0.2, 0.25) is 0 Å². The van der Waals surface area contributed by atoms with Crippen LogP contribution >= 0.6 is 12.4 Å². The Morgan fingerprint density at radius 3 is 2.35 bits per heavy atom. The molecule has 0 amide bonds. The van der Waals surface area contributed by atoms with Gasteiger partial charge in [0, 0.05) is 11.6 Å². The Kier molecular flexibility index (Phi) is 6.56. The quantitative estimate of drug-likeness (QED) is 0.893. The largest absolute Gasteiger partial charge is 0.489 e. The number of benzene rings is 2. The first-order valence-corrected chi connectivity index (χ1v) is 6.76. The predicted octanol–water partition coefficient (Wildman–Crippen LogP) is 4.27. The molecule has 2 N–H and O–H groups in total. The molecule has 1 unspecified atom stereocenters. The monoisotopic (exact) mass is 291 g/mol. The van der Waals surface area contributed by atoms with E-state index in [0.29, 0.717) is 6.61 Å². The van der Waals surface area contributed by atoms with Gasteiger partial charge in [-0.3, -0.25) is 0 Å². The third kappa shape index (κ3) is 4.26. The molecule has 0 fully saturated rings. The van der Waals surface area contributed by atoms with E-state index in [1.54, 1.807) is 0 Å². The van der Waals surface area contributed by atoms with Crippen molar-refractivity contribution in [2.45, 2.75) is 32.9 Å². The molecular weight excluding hydrogens is 270 g/mol. The summed E-state index contributed by atoms with van der Waals surface area (Å²) in [5.41, 5.74) is 9.56. The van der Waals surface area contributed by atoms with E-state index in [4.69, 9.17) is 10.5 Å². The lowest BCUT2D eigenvalue weighted by Gasteiger charge is -2.15. The van der Waals surface area contributed by atoms with Crippen LogP contribution in [0.15, 0.2) is 48.5 Å². The minimum absolute atomic E-state index is 0. The summed E-state index contributed by atoms with van der Waals surface area (Å²) in [6.45, 7) is 4.71. The zero-order valence-corrected chi connectivity index (χ0v) is 12.8. The van der Waals surface area contributed by atoms with E-state index in [1.807, 2.05) is 31.2 Å². The molecule has 0 aliphatic carbocycles. The van der Waals surface area contributed by atoms with Gasteiger partial charge in [0.1, 0.15) is 12.4 Å². The topological polar surface area (TPSA) is 35.2 Å². The molecule has 2 aromatic rings. The van der Waals surface area contributed by atoms with Crippen LogP contribution in [0, 0.1) is 0 Å². The van der Waals surface area contributed by atoms with Crippen molar-refractivity contribution in [2.75, 3.05) is 0 Å². The Morgan fingerprint density at radius 2 is 1.75 bits per heavy atom. The van der Waals surface area contributed by atoms with E-state index < -0.39 is 0 Å². The van der Waals surface area contributed by atoms with Gasteiger partial charge in [-0.1, -0.05) is 49.4 Å². The van der Waals surface area contributed by atoms with Gasteiger partial charge in [0.2, 0.25) is 0 Å². The van der Waals surface area contributed by atoms with Crippen LogP contribution in [0.25, 0.3) is 0 Å². The van der Waals surface area contributed by atoms with E-state index in [0.717, 1.165) is 23.3 Å². The highest BCUT2D eigenvalue weighted by molar-refractivity contribution is 5.85. The van der Waals surface area contributed by atoms with Gasteiger partial charge < -0.3 is 10.5 Å². The van der Waals surface area contributed by atoms with Crippen LogP contribution in [0.4, 0.5) is 0 Å². The van der Waals surface area contributed by atoms with E-state index in [-0.39, 0.29) is 18.4 Å². The van der Waals surface area contributed by atoms with Crippen LogP contribution in [0.3, 0.4) is 0 Å². The molecule has 2 rings (SSSR count). The SMILES string of the molecule is CCc1ccc(OCc2ccccc2)c(C(C)N)c1.Cl. The Hall–Kier alpha value is -1.51. The molecule has 108 valence electrons.